The zero-order valence-electron chi connectivity index (χ0n) is 30.2. The quantitative estimate of drug-likeness (QED) is 0.183. The van der Waals surface area contributed by atoms with E-state index in [1.165, 1.54) is 76.8 Å². The smallest absolute Gasteiger partial charge is 0.235 e. The van der Waals surface area contributed by atoms with Gasteiger partial charge >= 0.3 is 0 Å². The van der Waals surface area contributed by atoms with E-state index in [4.69, 9.17) is 9.97 Å². The number of nitrogens with zero attached hydrogens (tertiary/aromatic N) is 3. The highest BCUT2D eigenvalue weighted by molar-refractivity contribution is 6.26. The van der Waals surface area contributed by atoms with Crippen LogP contribution < -0.4 is 0 Å². The van der Waals surface area contributed by atoms with Crippen LogP contribution in [0.2, 0.25) is 0 Å². The van der Waals surface area contributed by atoms with Gasteiger partial charge in [0.25, 0.3) is 0 Å². The molecule has 2 heterocycles. The van der Waals surface area contributed by atoms with Crippen LogP contribution >= 0.6 is 0 Å². The summed E-state index contributed by atoms with van der Waals surface area (Å²) in [6.07, 6.45) is 0. The van der Waals surface area contributed by atoms with Gasteiger partial charge in [-0.05, 0) is 84.3 Å². The predicted molar refractivity (Wildman–Crippen MR) is 231 cm³/mol. The molecule has 0 unspecified atom stereocenters. The van der Waals surface area contributed by atoms with Gasteiger partial charge in [-0.3, -0.25) is 4.57 Å². The van der Waals surface area contributed by atoms with Crippen LogP contribution in [0.1, 0.15) is 22.3 Å². The standard InChI is InChI=1S/C53H31N3/c1-2-15-36-32(12-1)13-9-19-37(36)33-26-28-35(29-27-33)51-40-18-5-8-24-45(40)54-52(55-51)56-46-25-11-23-44-49(46)50-47(56)31-30-34-14-10-22-43(48(34)50)53(44)41-20-6-3-16-38(41)39-17-4-7-21-42(39)53/h1-31H. The molecule has 0 aliphatic heterocycles. The maximum absolute atomic E-state index is 5.51. The zero-order chi connectivity index (χ0) is 36.5. The summed E-state index contributed by atoms with van der Waals surface area (Å²) in [5.41, 5.74) is 15.0. The van der Waals surface area contributed by atoms with E-state index < -0.39 is 5.41 Å². The van der Waals surface area contributed by atoms with E-state index in [2.05, 4.69) is 193 Å². The lowest BCUT2D eigenvalue weighted by Gasteiger charge is -2.37. The molecule has 0 saturated carbocycles. The minimum absolute atomic E-state index is 0.457. The Morgan fingerprint density at radius 3 is 1.75 bits per heavy atom. The van der Waals surface area contributed by atoms with Gasteiger partial charge in [0.05, 0.1) is 27.7 Å². The molecular formula is C53H31N3. The van der Waals surface area contributed by atoms with Crippen molar-refractivity contribution < 1.29 is 0 Å². The average Bonchev–Trinajstić information content (AvgIpc) is 3.77. The topological polar surface area (TPSA) is 30.7 Å². The Bertz CT molecular complexity index is 3430. The maximum Gasteiger partial charge on any atom is 0.235 e. The van der Waals surface area contributed by atoms with Crippen molar-refractivity contribution in [3.63, 3.8) is 0 Å². The number of para-hydroxylation sites is 1. The first-order valence-electron chi connectivity index (χ1n) is 19.3. The first-order valence-corrected chi connectivity index (χ1v) is 19.3. The van der Waals surface area contributed by atoms with Crippen LogP contribution in [0.4, 0.5) is 0 Å². The van der Waals surface area contributed by atoms with Crippen LogP contribution in [-0.4, -0.2) is 14.5 Å². The van der Waals surface area contributed by atoms with Crippen LogP contribution in [0.15, 0.2) is 188 Å². The zero-order valence-corrected chi connectivity index (χ0v) is 30.2. The van der Waals surface area contributed by atoms with Crippen molar-refractivity contribution in [2.45, 2.75) is 5.41 Å². The number of rotatable bonds is 3. The second kappa shape index (κ2) is 10.9. The Balaban J connectivity index is 1.09. The van der Waals surface area contributed by atoms with Crippen LogP contribution in [0.3, 0.4) is 0 Å². The SMILES string of the molecule is c1ccc2c(c1)-c1ccccc1C21c2cccc3ccc4c(c23)c2c1cccc2n4-c1nc(-c2ccc(-c3cccc4ccccc34)cc2)c2ccccc2n1. The van der Waals surface area contributed by atoms with Gasteiger partial charge in [-0.1, -0.05) is 170 Å². The van der Waals surface area contributed by atoms with Gasteiger partial charge in [-0.2, -0.15) is 0 Å². The lowest BCUT2D eigenvalue weighted by atomic mass is 9.63. The molecule has 0 N–H and O–H groups in total. The minimum Gasteiger partial charge on any atom is -0.278 e. The van der Waals surface area contributed by atoms with E-state index in [1.807, 2.05) is 0 Å². The van der Waals surface area contributed by atoms with E-state index >= 15 is 0 Å². The molecular weight excluding hydrogens is 679 g/mol. The first-order chi connectivity index (χ1) is 27.8. The summed E-state index contributed by atoms with van der Waals surface area (Å²) in [6.45, 7) is 0. The van der Waals surface area contributed by atoms with E-state index in [0.717, 1.165) is 33.2 Å². The highest BCUT2D eigenvalue weighted by Gasteiger charge is 2.50. The van der Waals surface area contributed by atoms with Crippen LogP contribution in [-0.2, 0) is 5.41 Å². The predicted octanol–water partition coefficient (Wildman–Crippen LogP) is 13.0. The van der Waals surface area contributed by atoms with Gasteiger partial charge in [-0.25, -0.2) is 9.97 Å². The molecule has 0 saturated heterocycles. The van der Waals surface area contributed by atoms with Gasteiger partial charge in [0.1, 0.15) is 0 Å². The van der Waals surface area contributed by atoms with Crippen molar-refractivity contribution in [1.29, 1.82) is 0 Å². The minimum atomic E-state index is -0.457. The van der Waals surface area contributed by atoms with Crippen molar-refractivity contribution in [2.24, 2.45) is 0 Å². The summed E-state index contributed by atoms with van der Waals surface area (Å²) >= 11 is 0. The second-order valence-electron chi connectivity index (χ2n) is 15.2. The van der Waals surface area contributed by atoms with Gasteiger partial charge in [0.15, 0.2) is 0 Å². The van der Waals surface area contributed by atoms with Crippen molar-refractivity contribution in [3.8, 4) is 39.5 Å². The number of fused-ring (bicyclic) bond motifs is 9. The summed E-state index contributed by atoms with van der Waals surface area (Å²) in [7, 11) is 0. The molecule has 2 aliphatic rings. The van der Waals surface area contributed by atoms with Gasteiger partial charge in [0, 0.05) is 21.7 Å². The fourth-order valence-electron chi connectivity index (χ4n) is 10.4. The highest BCUT2D eigenvalue weighted by Crippen LogP contribution is 2.62. The number of benzene rings is 9. The maximum atomic E-state index is 5.51. The van der Waals surface area contributed by atoms with E-state index in [-0.39, 0.29) is 0 Å². The van der Waals surface area contributed by atoms with Crippen molar-refractivity contribution in [1.82, 2.24) is 14.5 Å². The summed E-state index contributed by atoms with van der Waals surface area (Å²) in [5, 5.41) is 8.63. The third kappa shape index (κ3) is 3.72. The number of hydrogen-bond donors (Lipinski definition) is 0. The third-order valence-corrected chi connectivity index (χ3v) is 12.6. The molecule has 1 spiro atoms. The van der Waals surface area contributed by atoms with Crippen LogP contribution in [0, 0.1) is 0 Å². The Morgan fingerprint density at radius 1 is 0.357 bits per heavy atom. The molecule has 13 rings (SSSR count). The van der Waals surface area contributed by atoms with Crippen LogP contribution in [0.5, 0.6) is 0 Å². The number of aromatic nitrogens is 3. The number of hydrogen-bond acceptors (Lipinski definition) is 2. The lowest BCUT2D eigenvalue weighted by Crippen LogP contribution is -2.30. The van der Waals surface area contributed by atoms with Crippen molar-refractivity contribution in [2.75, 3.05) is 0 Å². The molecule has 0 radical (unpaired) electrons. The van der Waals surface area contributed by atoms with Gasteiger partial charge in [-0.15, -0.1) is 0 Å². The summed E-state index contributed by atoms with van der Waals surface area (Å²) in [4.78, 5) is 10.8. The fourth-order valence-corrected chi connectivity index (χ4v) is 10.4. The molecule has 56 heavy (non-hydrogen) atoms. The van der Waals surface area contributed by atoms with Crippen LogP contribution in [0.25, 0.3) is 93.7 Å². The molecule has 0 amide bonds. The third-order valence-electron chi connectivity index (χ3n) is 12.6. The van der Waals surface area contributed by atoms with Gasteiger partial charge in [0.2, 0.25) is 5.95 Å². The molecule has 3 heteroatoms. The molecule has 9 aromatic carbocycles. The molecule has 0 fully saturated rings. The average molecular weight is 710 g/mol. The lowest BCUT2D eigenvalue weighted by molar-refractivity contribution is 0.783. The van der Waals surface area contributed by atoms with E-state index in [0.29, 0.717) is 5.95 Å². The Labute approximate surface area is 322 Å². The molecule has 258 valence electrons. The second-order valence-corrected chi connectivity index (χ2v) is 15.2. The molecule has 3 nitrogen and oxygen atoms in total. The Kier molecular flexibility index (Phi) is 5.83. The largest absolute Gasteiger partial charge is 0.278 e. The highest BCUT2D eigenvalue weighted by atomic mass is 15.2. The fraction of sp³-hybridized carbons (Fsp3) is 0.0189. The van der Waals surface area contributed by atoms with E-state index in [1.54, 1.807) is 0 Å². The summed E-state index contributed by atoms with van der Waals surface area (Å²) in [6, 6.07) is 68.7. The van der Waals surface area contributed by atoms with E-state index in [9.17, 15) is 0 Å². The molecule has 0 bridgehead atoms. The van der Waals surface area contributed by atoms with Crippen molar-refractivity contribution in [3.05, 3.63) is 210 Å². The summed E-state index contributed by atoms with van der Waals surface area (Å²) in [5.74, 6) is 0.675. The monoisotopic (exact) mass is 709 g/mol. The molecule has 2 aromatic heterocycles. The van der Waals surface area contributed by atoms with Crippen molar-refractivity contribution >= 4 is 54.3 Å². The Hall–Kier alpha value is -7.36. The Morgan fingerprint density at radius 2 is 0.929 bits per heavy atom. The molecule has 2 aliphatic carbocycles. The first kappa shape index (κ1) is 30.0. The van der Waals surface area contributed by atoms with Gasteiger partial charge < -0.3 is 0 Å². The normalized spacial score (nSPS) is 13.5. The molecule has 0 atom stereocenters. The molecule has 11 aromatic rings. The summed E-state index contributed by atoms with van der Waals surface area (Å²) < 4.78 is 2.32.